The lowest BCUT2D eigenvalue weighted by Gasteiger charge is -2.36. The maximum Gasteiger partial charge on any atom is 0.271 e. The second-order valence-corrected chi connectivity index (χ2v) is 7.25. The molecule has 1 aromatic heterocycles. The normalized spacial score (nSPS) is 25.7. The van der Waals surface area contributed by atoms with Gasteiger partial charge in [-0.05, 0) is 19.4 Å². The van der Waals surface area contributed by atoms with Gasteiger partial charge in [0.2, 0.25) is 0 Å². The summed E-state index contributed by atoms with van der Waals surface area (Å²) in [5.41, 5.74) is 12.1. The maximum absolute atomic E-state index is 11.3. The highest BCUT2D eigenvalue weighted by atomic mass is 16.6. The van der Waals surface area contributed by atoms with E-state index in [2.05, 4.69) is 29.0 Å². The van der Waals surface area contributed by atoms with Crippen LogP contribution in [0.5, 0.6) is 0 Å². The van der Waals surface area contributed by atoms with Crippen molar-refractivity contribution in [3.8, 4) is 0 Å². The third-order valence-electron chi connectivity index (χ3n) is 5.06. The molecule has 0 aromatic carbocycles. The van der Waals surface area contributed by atoms with Crippen LogP contribution in [0.2, 0.25) is 0 Å². The molecule has 2 heterocycles. The minimum atomic E-state index is -1.15. The summed E-state index contributed by atoms with van der Waals surface area (Å²) in [6.07, 6.45) is 4.86. The highest BCUT2D eigenvalue weighted by molar-refractivity contribution is 5.44. The molecule has 0 amide bonds. The number of anilines is 1. The molecular formula is C18H27N7O2. The Balaban J connectivity index is 2.02. The Morgan fingerprint density at radius 1 is 1.48 bits per heavy atom. The van der Waals surface area contributed by atoms with E-state index in [1.54, 1.807) is 6.08 Å². The SMILES string of the molecule is CCCc1cc(N2CCNCC2C)nc(C2(N)C=CC(N)=C([N+](=O)[O-])C2)n1. The van der Waals surface area contributed by atoms with E-state index in [0.717, 1.165) is 44.0 Å². The maximum atomic E-state index is 11.3. The number of rotatable bonds is 5. The minimum absolute atomic E-state index is 0.0333. The molecule has 1 saturated heterocycles. The van der Waals surface area contributed by atoms with E-state index in [-0.39, 0.29) is 23.9 Å². The predicted octanol–water partition coefficient (Wildman–Crippen LogP) is 0.788. The molecule has 0 spiro atoms. The fourth-order valence-corrected chi connectivity index (χ4v) is 3.50. The fourth-order valence-electron chi connectivity index (χ4n) is 3.50. The molecule has 27 heavy (non-hydrogen) atoms. The number of hydrogen-bond donors (Lipinski definition) is 3. The summed E-state index contributed by atoms with van der Waals surface area (Å²) in [6.45, 7) is 6.82. The first-order valence-electron chi connectivity index (χ1n) is 9.31. The van der Waals surface area contributed by atoms with Gasteiger partial charge < -0.3 is 21.7 Å². The molecule has 5 N–H and O–H groups in total. The first-order valence-corrected chi connectivity index (χ1v) is 9.31. The van der Waals surface area contributed by atoms with Crippen molar-refractivity contribution in [2.45, 2.75) is 44.7 Å². The predicted molar refractivity (Wildman–Crippen MR) is 104 cm³/mol. The lowest BCUT2D eigenvalue weighted by atomic mass is 9.88. The van der Waals surface area contributed by atoms with E-state index in [1.165, 1.54) is 6.08 Å². The Bertz CT molecular complexity index is 792. The van der Waals surface area contributed by atoms with Crippen LogP contribution in [-0.4, -0.2) is 40.6 Å². The van der Waals surface area contributed by atoms with Crippen LogP contribution in [0, 0.1) is 10.1 Å². The van der Waals surface area contributed by atoms with E-state index < -0.39 is 10.5 Å². The Labute approximate surface area is 158 Å². The third kappa shape index (κ3) is 3.93. The number of nitrogens with one attached hydrogen (secondary N) is 1. The zero-order valence-electron chi connectivity index (χ0n) is 15.8. The van der Waals surface area contributed by atoms with Gasteiger partial charge in [-0.15, -0.1) is 0 Å². The van der Waals surface area contributed by atoms with Gasteiger partial charge in [-0.25, -0.2) is 9.97 Å². The van der Waals surface area contributed by atoms with Crippen LogP contribution in [-0.2, 0) is 12.0 Å². The van der Waals surface area contributed by atoms with Gasteiger partial charge in [-0.3, -0.25) is 10.1 Å². The number of nitrogens with zero attached hydrogens (tertiary/aromatic N) is 4. The molecule has 146 valence electrons. The van der Waals surface area contributed by atoms with Gasteiger partial charge in [0, 0.05) is 37.4 Å². The summed E-state index contributed by atoms with van der Waals surface area (Å²) in [5.74, 6) is 1.22. The fraction of sp³-hybridized carbons (Fsp3) is 0.556. The molecule has 9 nitrogen and oxygen atoms in total. The van der Waals surface area contributed by atoms with Crippen LogP contribution in [0.4, 0.5) is 5.82 Å². The Morgan fingerprint density at radius 3 is 2.93 bits per heavy atom. The third-order valence-corrected chi connectivity index (χ3v) is 5.06. The van der Waals surface area contributed by atoms with E-state index in [0.29, 0.717) is 5.82 Å². The number of hydrogen-bond acceptors (Lipinski definition) is 8. The van der Waals surface area contributed by atoms with Gasteiger partial charge in [0.05, 0.1) is 11.3 Å². The van der Waals surface area contributed by atoms with E-state index in [1.807, 2.05) is 6.07 Å². The summed E-state index contributed by atoms with van der Waals surface area (Å²) in [5, 5.41) is 14.7. The van der Waals surface area contributed by atoms with Crippen molar-refractivity contribution in [3.05, 3.63) is 51.2 Å². The highest BCUT2D eigenvalue weighted by Crippen LogP contribution is 2.32. The van der Waals surface area contributed by atoms with Crippen molar-refractivity contribution in [2.75, 3.05) is 24.5 Å². The quantitative estimate of drug-likeness (QED) is 0.509. The average Bonchev–Trinajstić information content (AvgIpc) is 2.64. The molecule has 2 aliphatic rings. The summed E-state index contributed by atoms with van der Waals surface area (Å²) >= 11 is 0. The molecule has 1 aromatic rings. The summed E-state index contributed by atoms with van der Waals surface area (Å²) in [6, 6.07) is 2.29. The second kappa shape index (κ2) is 7.61. The first-order chi connectivity index (χ1) is 12.8. The first kappa shape index (κ1) is 19.2. The van der Waals surface area contributed by atoms with Crippen molar-refractivity contribution in [1.29, 1.82) is 0 Å². The number of aryl methyl sites for hydroxylation is 1. The van der Waals surface area contributed by atoms with Crippen molar-refractivity contribution in [2.24, 2.45) is 11.5 Å². The number of allylic oxidation sites excluding steroid dienone is 1. The molecule has 1 aliphatic carbocycles. The zero-order chi connectivity index (χ0) is 19.6. The van der Waals surface area contributed by atoms with Gasteiger partial charge in [0.1, 0.15) is 17.1 Å². The molecule has 2 unspecified atom stereocenters. The van der Waals surface area contributed by atoms with Crippen molar-refractivity contribution >= 4 is 5.82 Å². The van der Waals surface area contributed by atoms with E-state index >= 15 is 0 Å². The second-order valence-electron chi connectivity index (χ2n) is 7.25. The lowest BCUT2D eigenvalue weighted by Crippen LogP contribution is -2.50. The average molecular weight is 373 g/mol. The van der Waals surface area contributed by atoms with Crippen molar-refractivity contribution < 1.29 is 4.92 Å². The smallest absolute Gasteiger partial charge is 0.271 e. The number of piperazine rings is 1. The van der Waals surface area contributed by atoms with Crippen LogP contribution >= 0.6 is 0 Å². The van der Waals surface area contributed by atoms with Gasteiger partial charge in [-0.2, -0.15) is 0 Å². The van der Waals surface area contributed by atoms with Crippen molar-refractivity contribution in [3.63, 3.8) is 0 Å². The zero-order valence-corrected chi connectivity index (χ0v) is 15.8. The summed E-state index contributed by atoms with van der Waals surface area (Å²) in [7, 11) is 0. The Morgan fingerprint density at radius 2 is 2.26 bits per heavy atom. The lowest BCUT2D eigenvalue weighted by molar-refractivity contribution is -0.430. The van der Waals surface area contributed by atoms with Crippen LogP contribution in [0.3, 0.4) is 0 Å². The molecule has 9 heteroatoms. The summed E-state index contributed by atoms with van der Waals surface area (Å²) in [4.78, 5) is 22.5. The standard InChI is InChI=1S/C18H27N7O2/c1-3-4-13-9-16(24-8-7-21-11-12(24)2)23-17(22-13)18(20)6-5-14(19)15(10-18)25(26)27/h5-6,9,12,21H,3-4,7-8,10-11,19-20H2,1-2H3. The molecule has 3 rings (SSSR count). The monoisotopic (exact) mass is 373 g/mol. The molecule has 1 aliphatic heterocycles. The molecule has 0 saturated carbocycles. The van der Waals surface area contributed by atoms with Gasteiger partial charge in [-0.1, -0.05) is 19.4 Å². The van der Waals surface area contributed by atoms with Crippen LogP contribution in [0.25, 0.3) is 0 Å². The minimum Gasteiger partial charge on any atom is -0.393 e. The van der Waals surface area contributed by atoms with E-state index in [9.17, 15) is 10.1 Å². The molecule has 2 atom stereocenters. The Kier molecular flexibility index (Phi) is 5.43. The summed E-state index contributed by atoms with van der Waals surface area (Å²) < 4.78 is 0. The largest absolute Gasteiger partial charge is 0.393 e. The van der Waals surface area contributed by atoms with Crippen LogP contribution in [0.15, 0.2) is 29.6 Å². The van der Waals surface area contributed by atoms with Gasteiger partial charge in [0.25, 0.3) is 5.70 Å². The van der Waals surface area contributed by atoms with Crippen molar-refractivity contribution in [1.82, 2.24) is 15.3 Å². The van der Waals surface area contributed by atoms with Crippen LogP contribution < -0.4 is 21.7 Å². The molecule has 0 bridgehead atoms. The molecular weight excluding hydrogens is 346 g/mol. The Hall–Kier alpha value is -2.52. The van der Waals surface area contributed by atoms with Gasteiger partial charge in [0.15, 0.2) is 5.82 Å². The number of nitro groups is 1. The van der Waals surface area contributed by atoms with E-state index in [4.69, 9.17) is 16.5 Å². The topological polar surface area (TPSA) is 136 Å². The molecule has 1 fully saturated rings. The molecule has 0 radical (unpaired) electrons. The number of aromatic nitrogens is 2. The highest BCUT2D eigenvalue weighted by Gasteiger charge is 2.38. The van der Waals surface area contributed by atoms with Crippen LogP contribution in [0.1, 0.15) is 38.2 Å². The van der Waals surface area contributed by atoms with Gasteiger partial charge >= 0.3 is 0 Å². The number of nitrogens with two attached hydrogens (primary N) is 2.